The number of anilines is 2. The Hall–Kier alpha value is -4.13. The van der Waals surface area contributed by atoms with E-state index in [1.807, 2.05) is 19.1 Å². The first-order chi connectivity index (χ1) is 15.5. The van der Waals surface area contributed by atoms with Crippen molar-refractivity contribution in [2.24, 2.45) is 0 Å². The van der Waals surface area contributed by atoms with Gasteiger partial charge in [0.1, 0.15) is 24.7 Å². The van der Waals surface area contributed by atoms with Crippen molar-refractivity contribution < 1.29 is 23.5 Å². The molecule has 2 aliphatic heterocycles. The summed E-state index contributed by atoms with van der Waals surface area (Å²) >= 11 is 0. The highest BCUT2D eigenvalue weighted by molar-refractivity contribution is 6.46. The number of nitrogens with zero attached hydrogens (tertiary/aromatic N) is 1. The number of carbonyl (C=O) groups is 2. The third-order valence-corrected chi connectivity index (χ3v) is 5.30. The van der Waals surface area contributed by atoms with Gasteiger partial charge in [-0.15, -0.1) is 0 Å². The molecule has 0 bridgehead atoms. The molecule has 5 rings (SSSR count). The van der Waals surface area contributed by atoms with Crippen LogP contribution in [0.25, 0.3) is 5.57 Å². The van der Waals surface area contributed by atoms with Crippen molar-refractivity contribution in [1.29, 1.82) is 0 Å². The molecule has 7 heteroatoms. The highest BCUT2D eigenvalue weighted by Gasteiger charge is 2.40. The summed E-state index contributed by atoms with van der Waals surface area (Å²) in [5, 5.41) is 3.09. The van der Waals surface area contributed by atoms with Crippen LogP contribution in [0.5, 0.6) is 11.5 Å². The highest BCUT2D eigenvalue weighted by atomic mass is 19.1. The predicted octanol–water partition coefficient (Wildman–Crippen LogP) is 4.30. The molecule has 0 spiro atoms. The Kier molecular flexibility index (Phi) is 4.86. The molecule has 0 saturated carbocycles. The lowest BCUT2D eigenvalue weighted by atomic mass is 10.0. The minimum absolute atomic E-state index is 0.111. The number of halogens is 1. The van der Waals surface area contributed by atoms with Crippen molar-refractivity contribution in [1.82, 2.24) is 0 Å². The van der Waals surface area contributed by atoms with Crippen LogP contribution in [-0.2, 0) is 9.59 Å². The Bertz CT molecular complexity index is 1270. The van der Waals surface area contributed by atoms with Crippen LogP contribution in [0, 0.1) is 12.7 Å². The molecule has 0 radical (unpaired) electrons. The van der Waals surface area contributed by atoms with Gasteiger partial charge in [-0.1, -0.05) is 35.9 Å². The smallest absolute Gasteiger partial charge is 0.282 e. The zero-order valence-electron chi connectivity index (χ0n) is 17.2. The number of hydrogen-bond donors (Lipinski definition) is 1. The van der Waals surface area contributed by atoms with Crippen molar-refractivity contribution in [3.8, 4) is 11.5 Å². The molecule has 0 fully saturated rings. The van der Waals surface area contributed by atoms with Crippen molar-refractivity contribution in [2.75, 3.05) is 23.4 Å². The molecule has 0 atom stereocenters. The largest absolute Gasteiger partial charge is 0.486 e. The molecule has 0 aromatic heterocycles. The topological polar surface area (TPSA) is 67.9 Å². The maximum atomic E-state index is 13.8. The fourth-order valence-electron chi connectivity index (χ4n) is 3.75. The van der Waals surface area contributed by atoms with Gasteiger partial charge in [0.25, 0.3) is 11.8 Å². The molecule has 6 nitrogen and oxygen atoms in total. The molecule has 1 N–H and O–H groups in total. The van der Waals surface area contributed by atoms with Crippen LogP contribution in [0.3, 0.4) is 0 Å². The van der Waals surface area contributed by atoms with Gasteiger partial charge in [-0.3, -0.25) is 9.59 Å². The van der Waals surface area contributed by atoms with Gasteiger partial charge in [0, 0.05) is 11.8 Å². The molecule has 3 aromatic carbocycles. The number of imide groups is 1. The standard InChI is InChI=1S/C25H19FN2O4/c1-15-5-7-16(8-6-15)22-23(27-18-9-10-20-21(14-18)32-12-11-31-20)25(30)28(24(22)29)19-4-2-3-17(26)13-19/h2-10,13-14,27H,11-12H2,1H3. The zero-order chi connectivity index (χ0) is 22.2. The molecule has 32 heavy (non-hydrogen) atoms. The van der Waals surface area contributed by atoms with Gasteiger partial charge < -0.3 is 14.8 Å². The van der Waals surface area contributed by atoms with Crippen LogP contribution in [0.4, 0.5) is 15.8 Å². The summed E-state index contributed by atoms with van der Waals surface area (Å²) in [5.41, 5.74) is 2.68. The molecule has 0 unspecified atom stereocenters. The number of nitrogens with one attached hydrogen (secondary N) is 1. The Morgan fingerprint density at radius 2 is 1.62 bits per heavy atom. The van der Waals surface area contributed by atoms with E-state index < -0.39 is 17.6 Å². The number of hydrogen-bond acceptors (Lipinski definition) is 5. The van der Waals surface area contributed by atoms with Gasteiger partial charge in [0.05, 0.1) is 11.3 Å². The van der Waals surface area contributed by atoms with Crippen LogP contribution in [0.1, 0.15) is 11.1 Å². The van der Waals surface area contributed by atoms with E-state index in [0.717, 1.165) is 16.5 Å². The van der Waals surface area contributed by atoms with E-state index in [1.54, 1.807) is 30.3 Å². The van der Waals surface area contributed by atoms with E-state index in [4.69, 9.17) is 9.47 Å². The molecule has 0 saturated heterocycles. The molecule has 3 aromatic rings. The monoisotopic (exact) mass is 430 g/mol. The lowest BCUT2D eigenvalue weighted by molar-refractivity contribution is -0.120. The zero-order valence-corrected chi connectivity index (χ0v) is 17.2. The van der Waals surface area contributed by atoms with E-state index in [9.17, 15) is 14.0 Å². The van der Waals surface area contributed by atoms with Gasteiger partial charge in [-0.25, -0.2) is 9.29 Å². The SMILES string of the molecule is Cc1ccc(C2=C(Nc3ccc4c(c3)OCCO4)C(=O)N(c3cccc(F)c3)C2=O)cc1. The fourth-order valence-corrected chi connectivity index (χ4v) is 3.75. The van der Waals surface area contributed by atoms with Crippen LogP contribution in [-0.4, -0.2) is 25.0 Å². The van der Waals surface area contributed by atoms with Crippen molar-refractivity contribution in [3.05, 3.63) is 89.4 Å². The average Bonchev–Trinajstić information content (AvgIpc) is 3.03. The van der Waals surface area contributed by atoms with E-state index in [2.05, 4.69) is 5.32 Å². The minimum atomic E-state index is -0.564. The minimum Gasteiger partial charge on any atom is -0.486 e. The first-order valence-electron chi connectivity index (χ1n) is 10.1. The van der Waals surface area contributed by atoms with Crippen molar-refractivity contribution in [2.45, 2.75) is 6.92 Å². The van der Waals surface area contributed by atoms with Crippen LogP contribution in [0.2, 0.25) is 0 Å². The second-order valence-corrected chi connectivity index (χ2v) is 7.53. The number of carbonyl (C=O) groups excluding carboxylic acids is 2. The normalized spacial score (nSPS) is 15.4. The van der Waals surface area contributed by atoms with Gasteiger partial charge in [0.2, 0.25) is 0 Å². The lowest BCUT2D eigenvalue weighted by Crippen LogP contribution is -2.32. The van der Waals surface area contributed by atoms with Gasteiger partial charge >= 0.3 is 0 Å². The Balaban J connectivity index is 1.59. The summed E-state index contributed by atoms with van der Waals surface area (Å²) in [5.74, 6) is -0.453. The third-order valence-electron chi connectivity index (χ3n) is 5.30. The summed E-state index contributed by atoms with van der Waals surface area (Å²) < 4.78 is 25.0. The molecular weight excluding hydrogens is 411 g/mol. The van der Waals surface area contributed by atoms with E-state index in [0.29, 0.717) is 36.0 Å². The van der Waals surface area contributed by atoms with Crippen LogP contribution < -0.4 is 19.7 Å². The van der Waals surface area contributed by atoms with Crippen molar-refractivity contribution in [3.63, 3.8) is 0 Å². The predicted molar refractivity (Wildman–Crippen MR) is 118 cm³/mol. The Labute approximate surface area is 183 Å². The molecule has 2 amide bonds. The fraction of sp³-hybridized carbons (Fsp3) is 0.120. The Morgan fingerprint density at radius 1 is 0.875 bits per heavy atom. The molecule has 160 valence electrons. The summed E-state index contributed by atoms with van der Waals surface area (Å²) in [6.45, 7) is 2.84. The molecule has 2 aliphatic rings. The summed E-state index contributed by atoms with van der Waals surface area (Å²) in [4.78, 5) is 27.7. The maximum Gasteiger partial charge on any atom is 0.282 e. The highest BCUT2D eigenvalue weighted by Crippen LogP contribution is 2.37. The average molecular weight is 430 g/mol. The van der Waals surface area contributed by atoms with Crippen LogP contribution >= 0.6 is 0 Å². The van der Waals surface area contributed by atoms with Gasteiger partial charge in [-0.2, -0.15) is 0 Å². The van der Waals surface area contributed by atoms with Gasteiger partial charge in [-0.05, 0) is 42.8 Å². The molecule has 2 heterocycles. The number of benzene rings is 3. The number of aryl methyl sites for hydroxylation is 1. The van der Waals surface area contributed by atoms with Crippen LogP contribution in [0.15, 0.2) is 72.4 Å². The molecular formula is C25H19FN2O4. The first-order valence-corrected chi connectivity index (χ1v) is 10.1. The number of rotatable bonds is 4. The summed E-state index contributed by atoms with van der Waals surface area (Å²) in [6.07, 6.45) is 0. The third kappa shape index (κ3) is 3.47. The van der Waals surface area contributed by atoms with Crippen molar-refractivity contribution >= 4 is 28.8 Å². The van der Waals surface area contributed by atoms with E-state index in [1.165, 1.54) is 18.2 Å². The number of amides is 2. The summed E-state index contributed by atoms with van der Waals surface area (Å²) in [7, 11) is 0. The second-order valence-electron chi connectivity index (χ2n) is 7.53. The quantitative estimate of drug-likeness (QED) is 0.625. The molecule has 0 aliphatic carbocycles. The maximum absolute atomic E-state index is 13.8. The first kappa shape index (κ1) is 19.8. The Morgan fingerprint density at radius 3 is 2.38 bits per heavy atom. The number of fused-ring (bicyclic) bond motifs is 1. The lowest BCUT2D eigenvalue weighted by Gasteiger charge is -2.19. The van der Waals surface area contributed by atoms with E-state index >= 15 is 0 Å². The summed E-state index contributed by atoms with van der Waals surface area (Å²) in [6, 6.07) is 17.9. The number of ether oxygens (including phenoxy) is 2. The second kappa shape index (κ2) is 7.85. The van der Waals surface area contributed by atoms with Gasteiger partial charge in [0.15, 0.2) is 11.5 Å². The van der Waals surface area contributed by atoms with E-state index in [-0.39, 0.29) is 17.0 Å².